The Labute approximate surface area is 127 Å². The van der Waals surface area contributed by atoms with Gasteiger partial charge in [0.2, 0.25) is 0 Å². The standard InChI is InChI=1S/C17H25FN2O/c1-4-20(11-6-10-19(2)3)14-16-9-8-15(7-5-12-21)13-17(16)18/h8-9,13,21H,4,6,10-12,14H2,1-3H3. The molecule has 0 saturated heterocycles. The van der Waals surface area contributed by atoms with Crippen molar-refractivity contribution >= 4 is 0 Å². The highest BCUT2D eigenvalue weighted by molar-refractivity contribution is 5.37. The van der Waals surface area contributed by atoms with Gasteiger partial charge in [0.1, 0.15) is 12.4 Å². The van der Waals surface area contributed by atoms with Crippen LogP contribution in [0.25, 0.3) is 0 Å². The highest BCUT2D eigenvalue weighted by Gasteiger charge is 2.08. The number of nitrogens with zero attached hydrogens (tertiary/aromatic N) is 2. The van der Waals surface area contributed by atoms with Gasteiger partial charge in [0.15, 0.2) is 0 Å². The van der Waals surface area contributed by atoms with Crippen molar-refractivity contribution in [2.75, 3.05) is 40.3 Å². The van der Waals surface area contributed by atoms with E-state index in [9.17, 15) is 4.39 Å². The number of halogens is 1. The molecular weight excluding hydrogens is 267 g/mol. The fraction of sp³-hybridized carbons (Fsp3) is 0.529. The van der Waals surface area contributed by atoms with Crippen LogP contribution in [0.4, 0.5) is 4.39 Å². The average molecular weight is 292 g/mol. The Bertz CT molecular complexity index is 491. The molecule has 0 heterocycles. The van der Waals surface area contributed by atoms with E-state index in [1.165, 1.54) is 6.07 Å². The first kappa shape index (κ1) is 17.6. The van der Waals surface area contributed by atoms with Crippen LogP contribution in [0.5, 0.6) is 0 Å². The van der Waals surface area contributed by atoms with Crippen LogP contribution >= 0.6 is 0 Å². The van der Waals surface area contributed by atoms with Crippen molar-refractivity contribution in [1.29, 1.82) is 0 Å². The van der Waals surface area contributed by atoms with E-state index in [-0.39, 0.29) is 12.4 Å². The van der Waals surface area contributed by atoms with Crippen LogP contribution in [0.2, 0.25) is 0 Å². The van der Waals surface area contributed by atoms with Crippen LogP contribution in [0.1, 0.15) is 24.5 Å². The number of aliphatic hydroxyl groups excluding tert-OH is 1. The molecule has 0 aromatic heterocycles. The molecule has 1 aromatic carbocycles. The van der Waals surface area contributed by atoms with Crippen molar-refractivity contribution in [3.8, 4) is 11.8 Å². The summed E-state index contributed by atoms with van der Waals surface area (Å²) in [7, 11) is 4.12. The molecule has 0 unspecified atom stereocenters. The molecule has 1 aromatic rings. The number of benzene rings is 1. The SMILES string of the molecule is CCN(CCCN(C)C)Cc1ccc(C#CCO)cc1F. The molecule has 0 fully saturated rings. The summed E-state index contributed by atoms with van der Waals surface area (Å²) < 4.78 is 14.1. The number of hydrogen-bond donors (Lipinski definition) is 1. The summed E-state index contributed by atoms with van der Waals surface area (Å²) in [4.78, 5) is 4.39. The molecule has 0 amide bonds. The molecule has 0 atom stereocenters. The Balaban J connectivity index is 2.63. The van der Waals surface area contributed by atoms with Crippen molar-refractivity contribution in [2.45, 2.75) is 19.9 Å². The molecule has 4 heteroatoms. The highest BCUT2D eigenvalue weighted by Crippen LogP contribution is 2.13. The van der Waals surface area contributed by atoms with E-state index in [0.717, 1.165) is 26.1 Å². The van der Waals surface area contributed by atoms with Gasteiger partial charge in [-0.1, -0.05) is 24.8 Å². The zero-order chi connectivity index (χ0) is 15.7. The van der Waals surface area contributed by atoms with Crippen LogP contribution in [0.3, 0.4) is 0 Å². The van der Waals surface area contributed by atoms with Crippen molar-refractivity contribution in [3.05, 3.63) is 35.1 Å². The van der Waals surface area contributed by atoms with Crippen LogP contribution in [-0.4, -0.2) is 55.2 Å². The van der Waals surface area contributed by atoms with E-state index in [1.54, 1.807) is 12.1 Å². The predicted molar refractivity (Wildman–Crippen MR) is 84.5 cm³/mol. The van der Waals surface area contributed by atoms with E-state index >= 15 is 0 Å². The Morgan fingerprint density at radius 1 is 1.24 bits per heavy atom. The molecule has 1 N–H and O–H groups in total. The summed E-state index contributed by atoms with van der Waals surface area (Å²) in [5, 5.41) is 8.65. The van der Waals surface area contributed by atoms with Crippen LogP contribution in [-0.2, 0) is 6.54 Å². The zero-order valence-electron chi connectivity index (χ0n) is 13.2. The van der Waals surface area contributed by atoms with Crippen LogP contribution in [0, 0.1) is 17.7 Å². The first-order valence-electron chi connectivity index (χ1n) is 7.32. The largest absolute Gasteiger partial charge is 0.384 e. The molecule has 0 aliphatic heterocycles. The molecule has 0 bridgehead atoms. The van der Waals surface area contributed by atoms with Gasteiger partial charge in [0.25, 0.3) is 0 Å². The smallest absolute Gasteiger partial charge is 0.128 e. The van der Waals surface area contributed by atoms with E-state index in [2.05, 4.69) is 42.7 Å². The van der Waals surface area contributed by atoms with E-state index in [1.807, 2.05) is 0 Å². The van der Waals surface area contributed by atoms with Crippen molar-refractivity contribution in [3.63, 3.8) is 0 Å². The number of hydrogen-bond acceptors (Lipinski definition) is 3. The fourth-order valence-corrected chi connectivity index (χ4v) is 2.10. The quantitative estimate of drug-likeness (QED) is 0.778. The highest BCUT2D eigenvalue weighted by atomic mass is 19.1. The summed E-state index contributed by atoms with van der Waals surface area (Å²) in [5.41, 5.74) is 1.29. The maximum atomic E-state index is 14.1. The lowest BCUT2D eigenvalue weighted by Gasteiger charge is -2.21. The van der Waals surface area contributed by atoms with Gasteiger partial charge in [-0.05, 0) is 52.3 Å². The third kappa shape index (κ3) is 6.72. The van der Waals surface area contributed by atoms with Gasteiger partial charge < -0.3 is 10.0 Å². The van der Waals surface area contributed by atoms with E-state index in [0.29, 0.717) is 17.7 Å². The molecule has 1 rings (SSSR count). The first-order valence-corrected chi connectivity index (χ1v) is 7.32. The van der Waals surface area contributed by atoms with Crippen LogP contribution in [0.15, 0.2) is 18.2 Å². The lowest BCUT2D eigenvalue weighted by Crippen LogP contribution is -2.27. The van der Waals surface area contributed by atoms with E-state index < -0.39 is 0 Å². The van der Waals surface area contributed by atoms with Gasteiger partial charge in [-0.2, -0.15) is 0 Å². The topological polar surface area (TPSA) is 26.7 Å². The summed E-state index contributed by atoms with van der Waals surface area (Å²) in [6, 6.07) is 5.02. The Morgan fingerprint density at radius 3 is 2.57 bits per heavy atom. The van der Waals surface area contributed by atoms with Crippen molar-refractivity contribution in [1.82, 2.24) is 9.80 Å². The lowest BCUT2D eigenvalue weighted by molar-refractivity contribution is 0.256. The Kier molecular flexibility index (Phi) is 7.99. The minimum atomic E-state index is -0.231. The second-order valence-electron chi connectivity index (χ2n) is 5.29. The molecule has 0 spiro atoms. The maximum Gasteiger partial charge on any atom is 0.128 e. The Hall–Kier alpha value is -1.41. The number of rotatable bonds is 7. The summed E-state index contributed by atoms with van der Waals surface area (Å²) in [6.45, 7) is 5.39. The summed E-state index contributed by atoms with van der Waals surface area (Å²) in [6.07, 6.45) is 1.07. The minimum Gasteiger partial charge on any atom is -0.384 e. The maximum absolute atomic E-state index is 14.1. The van der Waals surface area contributed by atoms with E-state index in [4.69, 9.17) is 5.11 Å². The van der Waals surface area contributed by atoms with Gasteiger partial charge in [-0.15, -0.1) is 0 Å². The first-order chi connectivity index (χ1) is 10.1. The fourth-order valence-electron chi connectivity index (χ4n) is 2.10. The van der Waals surface area contributed by atoms with Gasteiger partial charge in [-0.25, -0.2) is 4.39 Å². The van der Waals surface area contributed by atoms with Gasteiger partial charge in [-0.3, -0.25) is 4.90 Å². The molecule has 3 nitrogen and oxygen atoms in total. The molecule has 0 aliphatic rings. The third-order valence-electron chi connectivity index (χ3n) is 3.29. The number of aliphatic hydroxyl groups is 1. The summed E-state index contributed by atoms with van der Waals surface area (Å²) >= 11 is 0. The van der Waals surface area contributed by atoms with Crippen molar-refractivity contribution in [2.24, 2.45) is 0 Å². The molecule has 21 heavy (non-hydrogen) atoms. The van der Waals surface area contributed by atoms with Gasteiger partial charge in [0, 0.05) is 17.7 Å². The van der Waals surface area contributed by atoms with Crippen LogP contribution < -0.4 is 0 Å². The zero-order valence-corrected chi connectivity index (χ0v) is 13.2. The second kappa shape index (κ2) is 9.51. The van der Waals surface area contributed by atoms with Gasteiger partial charge in [0.05, 0.1) is 0 Å². The Morgan fingerprint density at radius 2 is 2.00 bits per heavy atom. The molecule has 0 saturated carbocycles. The second-order valence-corrected chi connectivity index (χ2v) is 5.29. The third-order valence-corrected chi connectivity index (χ3v) is 3.29. The van der Waals surface area contributed by atoms with Crippen molar-refractivity contribution < 1.29 is 9.50 Å². The summed E-state index contributed by atoms with van der Waals surface area (Å²) in [5.74, 6) is 5.01. The average Bonchev–Trinajstić information content (AvgIpc) is 2.45. The van der Waals surface area contributed by atoms with Gasteiger partial charge >= 0.3 is 0 Å². The molecule has 0 aliphatic carbocycles. The molecular formula is C17H25FN2O. The lowest BCUT2D eigenvalue weighted by atomic mass is 10.1. The molecule has 0 radical (unpaired) electrons. The monoisotopic (exact) mass is 292 g/mol. The molecule has 116 valence electrons. The predicted octanol–water partition coefficient (Wildman–Crippen LogP) is 1.94. The minimum absolute atomic E-state index is 0.209. The normalized spacial score (nSPS) is 10.8.